The summed E-state index contributed by atoms with van der Waals surface area (Å²) in [5.41, 5.74) is 0. The predicted molar refractivity (Wildman–Crippen MR) is 65.2 cm³/mol. The molecule has 1 aliphatic carbocycles. The predicted octanol–water partition coefficient (Wildman–Crippen LogP) is 3.02. The molecule has 2 saturated heterocycles. The van der Waals surface area contributed by atoms with Crippen molar-refractivity contribution >= 4 is 0 Å². The van der Waals surface area contributed by atoms with E-state index in [-0.39, 0.29) is 0 Å². The molecule has 1 saturated carbocycles. The van der Waals surface area contributed by atoms with Gasteiger partial charge in [0.1, 0.15) is 0 Å². The molecule has 3 aliphatic rings. The molecular weight excluding hydrogens is 198 g/mol. The van der Waals surface area contributed by atoms with Crippen molar-refractivity contribution in [3.8, 4) is 0 Å². The zero-order valence-corrected chi connectivity index (χ0v) is 10.5. The lowest BCUT2D eigenvalue weighted by Gasteiger charge is -2.39. The van der Waals surface area contributed by atoms with Crippen LogP contribution < -0.4 is 0 Å². The van der Waals surface area contributed by atoms with Crippen LogP contribution in [0.3, 0.4) is 0 Å². The van der Waals surface area contributed by atoms with Gasteiger partial charge < -0.3 is 4.74 Å². The lowest BCUT2D eigenvalue weighted by Crippen LogP contribution is -2.44. The van der Waals surface area contributed by atoms with Crippen molar-refractivity contribution in [2.24, 2.45) is 11.8 Å². The van der Waals surface area contributed by atoms with Crippen molar-refractivity contribution in [2.45, 2.75) is 64.0 Å². The topological polar surface area (TPSA) is 12.5 Å². The van der Waals surface area contributed by atoms with E-state index in [1.807, 2.05) is 0 Å². The van der Waals surface area contributed by atoms with Gasteiger partial charge in [0.2, 0.25) is 0 Å². The Balaban J connectivity index is 1.78. The second kappa shape index (κ2) is 4.66. The van der Waals surface area contributed by atoms with Gasteiger partial charge in [0.15, 0.2) is 0 Å². The van der Waals surface area contributed by atoms with Gasteiger partial charge in [0.25, 0.3) is 0 Å². The lowest BCUT2D eigenvalue weighted by atomic mass is 9.74. The summed E-state index contributed by atoms with van der Waals surface area (Å²) in [6.45, 7) is 4.67. The van der Waals surface area contributed by atoms with Crippen molar-refractivity contribution in [3.05, 3.63) is 0 Å². The van der Waals surface area contributed by atoms with Crippen LogP contribution >= 0.6 is 0 Å². The minimum absolute atomic E-state index is 0.578. The molecule has 2 nitrogen and oxygen atoms in total. The van der Waals surface area contributed by atoms with Crippen LogP contribution in [0, 0.1) is 11.8 Å². The molecule has 0 radical (unpaired) electrons. The van der Waals surface area contributed by atoms with E-state index in [0.29, 0.717) is 6.10 Å². The molecule has 16 heavy (non-hydrogen) atoms. The molecule has 0 aromatic carbocycles. The first-order chi connectivity index (χ1) is 7.86. The van der Waals surface area contributed by atoms with E-state index in [4.69, 9.17) is 4.74 Å². The van der Waals surface area contributed by atoms with Crippen LogP contribution in [0.25, 0.3) is 0 Å². The summed E-state index contributed by atoms with van der Waals surface area (Å²) >= 11 is 0. The standard InChI is InChI=1S/C14H25NO/c1-11-12-6-2-3-8-14(12)16-10-15-9-5-4-7-13(11)15/h11-14H,2-10H2,1H3/t11-,12-,13-,14+/m1/s1. The minimum atomic E-state index is 0.578. The van der Waals surface area contributed by atoms with Gasteiger partial charge in [-0.25, -0.2) is 0 Å². The van der Waals surface area contributed by atoms with E-state index >= 15 is 0 Å². The summed E-state index contributed by atoms with van der Waals surface area (Å²) in [4.78, 5) is 2.62. The van der Waals surface area contributed by atoms with Gasteiger partial charge >= 0.3 is 0 Å². The Morgan fingerprint density at radius 2 is 1.81 bits per heavy atom. The molecule has 4 atom stereocenters. The van der Waals surface area contributed by atoms with Gasteiger partial charge in [0.05, 0.1) is 12.8 Å². The molecule has 2 heteroatoms. The van der Waals surface area contributed by atoms with E-state index in [2.05, 4.69) is 11.8 Å². The lowest BCUT2D eigenvalue weighted by molar-refractivity contribution is -0.0466. The number of fused-ring (bicyclic) bond motifs is 2. The van der Waals surface area contributed by atoms with Gasteiger partial charge in [-0.1, -0.05) is 26.2 Å². The first-order valence-electron chi connectivity index (χ1n) is 7.22. The average Bonchev–Trinajstić information content (AvgIpc) is 2.49. The maximum atomic E-state index is 6.17. The number of ether oxygens (including phenoxy) is 1. The van der Waals surface area contributed by atoms with Crippen molar-refractivity contribution in [3.63, 3.8) is 0 Å². The molecule has 3 fully saturated rings. The molecular formula is C14H25NO. The SMILES string of the molecule is C[C@@H]1[C@H]2CCCC[C@@H]2OCN2CCCC[C@H]12. The Hall–Kier alpha value is -0.0800. The first-order valence-corrected chi connectivity index (χ1v) is 7.22. The zero-order valence-electron chi connectivity index (χ0n) is 10.5. The van der Waals surface area contributed by atoms with E-state index in [1.165, 1.54) is 51.5 Å². The fourth-order valence-electron chi connectivity index (χ4n) is 4.18. The molecule has 92 valence electrons. The molecule has 0 aromatic rings. The van der Waals surface area contributed by atoms with Crippen molar-refractivity contribution in [1.29, 1.82) is 0 Å². The number of hydrogen-bond donors (Lipinski definition) is 0. The number of hydrogen-bond acceptors (Lipinski definition) is 2. The van der Waals surface area contributed by atoms with Gasteiger partial charge in [0, 0.05) is 12.6 Å². The molecule has 0 amide bonds. The Morgan fingerprint density at radius 1 is 1.00 bits per heavy atom. The number of nitrogens with zero attached hydrogens (tertiary/aromatic N) is 1. The van der Waals surface area contributed by atoms with Crippen molar-refractivity contribution < 1.29 is 4.74 Å². The highest BCUT2D eigenvalue weighted by molar-refractivity contribution is 4.90. The number of rotatable bonds is 0. The molecule has 0 N–H and O–H groups in total. The van der Waals surface area contributed by atoms with Crippen LogP contribution in [-0.4, -0.2) is 30.3 Å². The van der Waals surface area contributed by atoms with Crippen molar-refractivity contribution in [2.75, 3.05) is 13.3 Å². The average molecular weight is 223 g/mol. The van der Waals surface area contributed by atoms with Gasteiger partial charge in [-0.05, 0) is 37.5 Å². The van der Waals surface area contributed by atoms with Crippen LogP contribution in [0.5, 0.6) is 0 Å². The highest BCUT2D eigenvalue weighted by atomic mass is 16.5. The van der Waals surface area contributed by atoms with Crippen LogP contribution in [0.2, 0.25) is 0 Å². The molecule has 0 unspecified atom stereocenters. The summed E-state index contributed by atoms with van der Waals surface area (Å²) in [6.07, 6.45) is 10.3. The first kappa shape index (κ1) is 11.0. The van der Waals surface area contributed by atoms with Crippen LogP contribution in [0.15, 0.2) is 0 Å². The Bertz CT molecular complexity index is 219. The van der Waals surface area contributed by atoms with E-state index < -0.39 is 0 Å². The van der Waals surface area contributed by atoms with Crippen LogP contribution in [0.1, 0.15) is 51.9 Å². The molecule has 2 aliphatic heterocycles. The smallest absolute Gasteiger partial charge is 0.0996 e. The fraction of sp³-hybridized carbons (Fsp3) is 1.00. The molecule has 0 bridgehead atoms. The molecule has 0 spiro atoms. The highest BCUT2D eigenvalue weighted by Crippen LogP contribution is 2.39. The fourth-order valence-corrected chi connectivity index (χ4v) is 4.18. The third-order valence-electron chi connectivity index (χ3n) is 5.15. The van der Waals surface area contributed by atoms with Gasteiger partial charge in [-0.15, -0.1) is 0 Å². The molecule has 0 aromatic heterocycles. The quantitative estimate of drug-likeness (QED) is 0.626. The van der Waals surface area contributed by atoms with Crippen molar-refractivity contribution in [1.82, 2.24) is 4.90 Å². The monoisotopic (exact) mass is 223 g/mol. The highest BCUT2D eigenvalue weighted by Gasteiger charge is 2.40. The maximum absolute atomic E-state index is 6.17. The van der Waals surface area contributed by atoms with Gasteiger partial charge in [-0.2, -0.15) is 0 Å². The maximum Gasteiger partial charge on any atom is 0.0996 e. The van der Waals surface area contributed by atoms with Crippen LogP contribution in [-0.2, 0) is 4.74 Å². The van der Waals surface area contributed by atoms with E-state index in [0.717, 1.165) is 24.6 Å². The summed E-state index contributed by atoms with van der Waals surface area (Å²) < 4.78 is 6.17. The Labute approximate surface area is 99.3 Å². The zero-order chi connectivity index (χ0) is 11.0. The number of piperidine rings is 1. The summed E-state index contributed by atoms with van der Waals surface area (Å²) in [7, 11) is 0. The summed E-state index contributed by atoms with van der Waals surface area (Å²) in [5, 5.41) is 0. The van der Waals surface area contributed by atoms with Crippen LogP contribution in [0.4, 0.5) is 0 Å². The Kier molecular flexibility index (Phi) is 3.21. The second-order valence-electron chi connectivity index (χ2n) is 6.02. The minimum Gasteiger partial charge on any atom is -0.363 e. The third kappa shape index (κ3) is 1.91. The third-order valence-corrected chi connectivity index (χ3v) is 5.15. The summed E-state index contributed by atoms with van der Waals surface area (Å²) in [6, 6.07) is 0.821. The van der Waals surface area contributed by atoms with E-state index in [9.17, 15) is 0 Å². The second-order valence-corrected chi connectivity index (χ2v) is 6.02. The summed E-state index contributed by atoms with van der Waals surface area (Å²) in [5.74, 6) is 1.70. The normalized spacial score (nSPS) is 45.6. The van der Waals surface area contributed by atoms with Gasteiger partial charge in [-0.3, -0.25) is 4.90 Å². The molecule has 2 heterocycles. The largest absolute Gasteiger partial charge is 0.363 e. The van der Waals surface area contributed by atoms with E-state index in [1.54, 1.807) is 0 Å². The Morgan fingerprint density at radius 3 is 2.75 bits per heavy atom. The molecule has 3 rings (SSSR count).